The maximum absolute atomic E-state index is 8.13. The Morgan fingerprint density at radius 2 is 2.56 bits per heavy atom. The van der Waals surface area contributed by atoms with Crippen molar-refractivity contribution in [3.63, 3.8) is 0 Å². The molecule has 0 aliphatic rings. The van der Waals surface area contributed by atoms with Crippen LogP contribution in [-0.4, -0.2) is 0 Å². The van der Waals surface area contributed by atoms with Crippen LogP contribution in [0.1, 0.15) is 4.88 Å². The van der Waals surface area contributed by atoms with E-state index in [9.17, 15) is 0 Å². The fourth-order valence-electron chi connectivity index (χ4n) is 0.505. The molecule has 0 aliphatic heterocycles. The summed E-state index contributed by atoms with van der Waals surface area (Å²) < 4.78 is 0. The molecule has 9 heavy (non-hydrogen) atoms. The highest BCUT2D eigenvalue weighted by atomic mass is 32.1. The van der Waals surface area contributed by atoms with Crippen LogP contribution < -0.4 is 0 Å². The van der Waals surface area contributed by atoms with Crippen molar-refractivity contribution in [3.05, 3.63) is 28.5 Å². The second-order valence-corrected chi connectivity index (χ2v) is 2.46. The molecule has 2 heteroatoms. The van der Waals surface area contributed by atoms with Crippen molar-refractivity contribution in [2.24, 2.45) is 0 Å². The summed E-state index contributed by atoms with van der Waals surface area (Å²) in [5.41, 5.74) is 0. The van der Waals surface area contributed by atoms with Crippen LogP contribution in [0, 0.1) is 11.3 Å². The first-order valence-corrected chi connectivity index (χ1v) is 3.41. The van der Waals surface area contributed by atoms with Gasteiger partial charge in [-0.2, -0.15) is 5.26 Å². The van der Waals surface area contributed by atoms with Crippen LogP contribution in [0.5, 0.6) is 0 Å². The average molecular weight is 135 g/mol. The van der Waals surface area contributed by atoms with Gasteiger partial charge < -0.3 is 0 Å². The molecular weight excluding hydrogens is 130 g/mol. The van der Waals surface area contributed by atoms with E-state index in [4.69, 9.17) is 5.26 Å². The lowest BCUT2D eigenvalue weighted by Gasteiger charge is -1.73. The molecule has 0 fully saturated rings. The zero-order valence-corrected chi connectivity index (χ0v) is 5.56. The summed E-state index contributed by atoms with van der Waals surface area (Å²) in [4.78, 5) is 1.12. The van der Waals surface area contributed by atoms with Gasteiger partial charge >= 0.3 is 0 Å². The van der Waals surface area contributed by atoms with E-state index >= 15 is 0 Å². The van der Waals surface area contributed by atoms with Gasteiger partial charge in [-0.3, -0.25) is 0 Å². The Balaban J connectivity index is 2.71. The quantitative estimate of drug-likeness (QED) is 0.542. The molecular formula is C7H5NS. The topological polar surface area (TPSA) is 23.8 Å². The average Bonchev–Trinajstić information content (AvgIpc) is 2.34. The highest BCUT2D eigenvalue weighted by Gasteiger charge is 1.81. The maximum Gasteiger partial charge on any atom is 0.0912 e. The Labute approximate surface area is 57.9 Å². The zero-order valence-electron chi connectivity index (χ0n) is 4.74. The lowest BCUT2D eigenvalue weighted by molar-refractivity contribution is 1.54. The van der Waals surface area contributed by atoms with E-state index < -0.39 is 0 Å². The zero-order chi connectivity index (χ0) is 6.53. The molecule has 0 aromatic carbocycles. The van der Waals surface area contributed by atoms with Crippen molar-refractivity contribution < 1.29 is 0 Å². The van der Waals surface area contributed by atoms with Crippen LogP contribution in [0.15, 0.2) is 23.6 Å². The third-order valence-corrected chi connectivity index (χ3v) is 1.70. The van der Waals surface area contributed by atoms with Crippen LogP contribution in [0.3, 0.4) is 0 Å². The van der Waals surface area contributed by atoms with E-state index in [2.05, 4.69) is 0 Å². The normalized spacial score (nSPS) is 9.67. The van der Waals surface area contributed by atoms with Gasteiger partial charge in [-0.15, -0.1) is 11.3 Å². The van der Waals surface area contributed by atoms with Crippen LogP contribution in [-0.2, 0) is 0 Å². The van der Waals surface area contributed by atoms with Crippen molar-refractivity contribution in [2.75, 3.05) is 0 Å². The minimum atomic E-state index is 1.12. The summed E-state index contributed by atoms with van der Waals surface area (Å²) in [7, 11) is 0. The molecule has 0 unspecified atom stereocenters. The second kappa shape index (κ2) is 3.06. The van der Waals surface area contributed by atoms with Crippen LogP contribution in [0.2, 0.25) is 0 Å². The SMILES string of the molecule is N#C/C=C\c1cccs1. The van der Waals surface area contributed by atoms with Crippen LogP contribution in [0.4, 0.5) is 0 Å². The van der Waals surface area contributed by atoms with Gasteiger partial charge in [0.25, 0.3) is 0 Å². The standard InChI is InChI=1S/C7H5NS/c8-5-1-3-7-4-2-6-9-7/h1-4,6H/b3-1-. The number of rotatable bonds is 1. The monoisotopic (exact) mass is 135 g/mol. The van der Waals surface area contributed by atoms with Crippen molar-refractivity contribution >= 4 is 17.4 Å². The first kappa shape index (κ1) is 6.06. The minimum absolute atomic E-state index is 1.12. The van der Waals surface area contributed by atoms with Crippen molar-refractivity contribution in [2.45, 2.75) is 0 Å². The molecule has 0 N–H and O–H groups in total. The van der Waals surface area contributed by atoms with Gasteiger partial charge in [-0.25, -0.2) is 0 Å². The van der Waals surface area contributed by atoms with Gasteiger partial charge in [0.1, 0.15) is 0 Å². The van der Waals surface area contributed by atoms with E-state index in [-0.39, 0.29) is 0 Å². The molecule has 1 rings (SSSR count). The molecule has 0 spiro atoms. The van der Waals surface area contributed by atoms with E-state index in [0.717, 1.165) is 4.88 Å². The summed E-state index contributed by atoms with van der Waals surface area (Å²) in [5.74, 6) is 0. The molecule has 0 bridgehead atoms. The molecule has 0 radical (unpaired) electrons. The lowest BCUT2D eigenvalue weighted by atomic mass is 10.4. The fraction of sp³-hybridized carbons (Fsp3) is 0. The predicted molar refractivity (Wildman–Crippen MR) is 39.0 cm³/mol. The third kappa shape index (κ3) is 1.71. The Kier molecular flexibility index (Phi) is 2.06. The lowest BCUT2D eigenvalue weighted by Crippen LogP contribution is -1.52. The molecule has 1 aromatic rings. The second-order valence-electron chi connectivity index (χ2n) is 1.48. The maximum atomic E-state index is 8.13. The van der Waals surface area contributed by atoms with Crippen molar-refractivity contribution in [1.82, 2.24) is 0 Å². The molecule has 1 heterocycles. The summed E-state index contributed by atoms with van der Waals surface area (Å²) in [6, 6.07) is 5.86. The van der Waals surface area contributed by atoms with Gasteiger partial charge in [0, 0.05) is 11.0 Å². The Hall–Kier alpha value is -1.07. The Bertz CT molecular complexity index is 228. The summed E-state index contributed by atoms with van der Waals surface area (Å²) >= 11 is 1.62. The molecule has 0 atom stereocenters. The molecule has 1 aromatic heterocycles. The van der Waals surface area contributed by atoms with Gasteiger partial charge in [0.2, 0.25) is 0 Å². The van der Waals surface area contributed by atoms with E-state index in [1.165, 1.54) is 6.08 Å². The molecule has 1 nitrogen and oxygen atoms in total. The first-order valence-electron chi connectivity index (χ1n) is 2.53. The Morgan fingerprint density at radius 3 is 3.11 bits per heavy atom. The summed E-state index contributed by atoms with van der Waals surface area (Å²) in [5, 5.41) is 10.1. The molecule has 0 saturated heterocycles. The number of allylic oxidation sites excluding steroid dienone is 1. The number of hydrogen-bond donors (Lipinski definition) is 0. The van der Waals surface area contributed by atoms with Crippen LogP contribution in [0.25, 0.3) is 6.08 Å². The smallest absolute Gasteiger partial charge is 0.0912 e. The molecule has 0 aliphatic carbocycles. The predicted octanol–water partition coefficient (Wildman–Crippen LogP) is 2.28. The molecule has 44 valence electrons. The van der Waals surface area contributed by atoms with E-state index in [0.29, 0.717) is 0 Å². The van der Waals surface area contributed by atoms with Crippen molar-refractivity contribution in [1.29, 1.82) is 5.26 Å². The first-order chi connectivity index (χ1) is 4.43. The van der Waals surface area contributed by atoms with E-state index in [1.54, 1.807) is 17.4 Å². The highest BCUT2D eigenvalue weighted by molar-refractivity contribution is 7.10. The molecule has 0 amide bonds. The van der Waals surface area contributed by atoms with Gasteiger partial charge in [-0.1, -0.05) is 6.07 Å². The van der Waals surface area contributed by atoms with Gasteiger partial charge in [0.15, 0.2) is 0 Å². The van der Waals surface area contributed by atoms with Crippen molar-refractivity contribution in [3.8, 4) is 6.07 Å². The third-order valence-electron chi connectivity index (χ3n) is 0.865. The van der Waals surface area contributed by atoms with E-state index in [1.807, 2.05) is 23.6 Å². The number of thiophene rings is 1. The summed E-state index contributed by atoms with van der Waals surface area (Å²) in [6.07, 6.45) is 3.27. The number of nitrogens with zero attached hydrogens (tertiary/aromatic N) is 1. The van der Waals surface area contributed by atoms with Crippen LogP contribution >= 0.6 is 11.3 Å². The van der Waals surface area contributed by atoms with Gasteiger partial charge in [0.05, 0.1) is 6.07 Å². The highest BCUT2D eigenvalue weighted by Crippen LogP contribution is 2.09. The fourth-order valence-corrected chi connectivity index (χ4v) is 1.12. The summed E-state index contributed by atoms with van der Waals surface area (Å²) in [6.45, 7) is 0. The minimum Gasteiger partial charge on any atom is -0.193 e. The Morgan fingerprint density at radius 1 is 1.67 bits per heavy atom. The number of hydrogen-bond acceptors (Lipinski definition) is 2. The largest absolute Gasteiger partial charge is 0.193 e. The van der Waals surface area contributed by atoms with Gasteiger partial charge in [-0.05, 0) is 17.5 Å². The number of nitriles is 1. The molecule has 0 saturated carbocycles.